The van der Waals surface area contributed by atoms with Crippen LogP contribution in [0.3, 0.4) is 0 Å². The van der Waals surface area contributed by atoms with E-state index in [0.717, 1.165) is 30.6 Å². The Bertz CT molecular complexity index is 696. The maximum atomic E-state index is 12.8. The molecule has 1 saturated carbocycles. The number of nitrogens with zero attached hydrogens (tertiary/aromatic N) is 2. The minimum Gasteiger partial charge on any atom is -0.497 e. The molecule has 0 radical (unpaired) electrons. The molecule has 1 aromatic carbocycles. The van der Waals surface area contributed by atoms with E-state index in [1.165, 1.54) is 0 Å². The fourth-order valence-corrected chi connectivity index (χ4v) is 3.30. The Balaban J connectivity index is 1.76. The maximum Gasteiger partial charge on any atom is 0.257 e. The summed E-state index contributed by atoms with van der Waals surface area (Å²) in [5, 5.41) is 16.9. The highest BCUT2D eigenvalue weighted by molar-refractivity contribution is 5.99. The number of rotatable bonds is 5. The zero-order valence-corrected chi connectivity index (χ0v) is 14.0. The van der Waals surface area contributed by atoms with Gasteiger partial charge in [-0.15, -0.1) is 0 Å². The summed E-state index contributed by atoms with van der Waals surface area (Å²) < 4.78 is 5.16. The second-order valence-electron chi connectivity index (χ2n) is 6.33. The fraction of sp³-hybridized carbons (Fsp3) is 0.444. The van der Waals surface area contributed by atoms with Crippen molar-refractivity contribution in [3.05, 3.63) is 36.0 Å². The van der Waals surface area contributed by atoms with Gasteiger partial charge in [-0.3, -0.25) is 9.89 Å². The number of aliphatic hydroxyl groups excluding tert-OH is 1. The number of methoxy groups -OCH3 is 1. The number of aromatic amines is 1. The first-order valence-electron chi connectivity index (χ1n) is 8.21. The number of ether oxygens (including phenoxy) is 1. The molecule has 1 fully saturated rings. The number of hydrogen-bond donors (Lipinski definition) is 2. The minimum absolute atomic E-state index is 0.0892. The van der Waals surface area contributed by atoms with E-state index in [2.05, 4.69) is 10.2 Å². The van der Waals surface area contributed by atoms with Crippen molar-refractivity contribution >= 4 is 5.91 Å². The lowest BCUT2D eigenvalue weighted by atomic mass is 10.0. The molecule has 1 amide bonds. The van der Waals surface area contributed by atoms with E-state index in [0.29, 0.717) is 17.8 Å². The van der Waals surface area contributed by atoms with Gasteiger partial charge in [0.1, 0.15) is 5.75 Å². The van der Waals surface area contributed by atoms with Crippen LogP contribution < -0.4 is 4.74 Å². The second kappa shape index (κ2) is 7.05. The van der Waals surface area contributed by atoms with Crippen molar-refractivity contribution in [1.82, 2.24) is 15.1 Å². The highest BCUT2D eigenvalue weighted by atomic mass is 16.5. The Morgan fingerprint density at radius 1 is 1.38 bits per heavy atom. The Kier molecular flexibility index (Phi) is 4.85. The second-order valence-corrected chi connectivity index (χ2v) is 6.33. The zero-order chi connectivity index (χ0) is 17.1. The third kappa shape index (κ3) is 3.28. The summed E-state index contributed by atoms with van der Waals surface area (Å²) >= 11 is 0. The van der Waals surface area contributed by atoms with E-state index in [-0.39, 0.29) is 17.9 Å². The SMILES string of the molecule is COc1ccc(-c2[nH]ncc2C(=O)N(C)CC2CCCC2O)cc1. The molecular weight excluding hydrogens is 306 g/mol. The molecule has 2 atom stereocenters. The van der Waals surface area contributed by atoms with Crippen molar-refractivity contribution in [2.24, 2.45) is 5.92 Å². The van der Waals surface area contributed by atoms with Crippen molar-refractivity contribution in [3.63, 3.8) is 0 Å². The van der Waals surface area contributed by atoms with Gasteiger partial charge in [0.2, 0.25) is 0 Å². The highest BCUT2D eigenvalue weighted by Gasteiger charge is 2.28. The van der Waals surface area contributed by atoms with Gasteiger partial charge in [-0.05, 0) is 37.1 Å². The molecule has 1 aromatic heterocycles. The lowest BCUT2D eigenvalue weighted by Gasteiger charge is -2.23. The largest absolute Gasteiger partial charge is 0.497 e. The maximum absolute atomic E-state index is 12.8. The number of carbonyl (C=O) groups excluding carboxylic acids is 1. The van der Waals surface area contributed by atoms with Gasteiger partial charge in [0.25, 0.3) is 5.91 Å². The van der Waals surface area contributed by atoms with E-state index in [4.69, 9.17) is 4.74 Å². The normalized spacial score (nSPS) is 20.1. The quantitative estimate of drug-likeness (QED) is 0.882. The number of hydrogen-bond acceptors (Lipinski definition) is 4. The predicted molar refractivity (Wildman–Crippen MR) is 90.9 cm³/mol. The highest BCUT2D eigenvalue weighted by Crippen LogP contribution is 2.28. The first-order valence-corrected chi connectivity index (χ1v) is 8.21. The van der Waals surface area contributed by atoms with Gasteiger partial charge in [-0.25, -0.2) is 0 Å². The smallest absolute Gasteiger partial charge is 0.257 e. The number of H-pyrrole nitrogens is 1. The van der Waals surface area contributed by atoms with Crippen molar-refractivity contribution in [2.45, 2.75) is 25.4 Å². The van der Waals surface area contributed by atoms with Gasteiger partial charge in [0, 0.05) is 25.1 Å². The van der Waals surface area contributed by atoms with E-state index >= 15 is 0 Å². The Hall–Kier alpha value is -2.34. The number of aromatic nitrogens is 2. The topological polar surface area (TPSA) is 78.5 Å². The first kappa shape index (κ1) is 16.5. The third-order valence-corrected chi connectivity index (χ3v) is 4.72. The van der Waals surface area contributed by atoms with Gasteiger partial charge < -0.3 is 14.7 Å². The molecular formula is C18H23N3O3. The van der Waals surface area contributed by atoms with Crippen LogP contribution in [0.5, 0.6) is 5.75 Å². The zero-order valence-electron chi connectivity index (χ0n) is 14.0. The van der Waals surface area contributed by atoms with E-state index in [9.17, 15) is 9.90 Å². The molecule has 1 heterocycles. The lowest BCUT2D eigenvalue weighted by molar-refractivity contribution is 0.0694. The van der Waals surface area contributed by atoms with Crippen LogP contribution >= 0.6 is 0 Å². The summed E-state index contributed by atoms with van der Waals surface area (Å²) in [6.45, 7) is 0.563. The fourth-order valence-electron chi connectivity index (χ4n) is 3.30. The molecule has 6 nitrogen and oxygen atoms in total. The van der Waals surface area contributed by atoms with Crippen molar-refractivity contribution in [1.29, 1.82) is 0 Å². The van der Waals surface area contributed by atoms with E-state index in [1.807, 2.05) is 24.3 Å². The predicted octanol–water partition coefficient (Wildman–Crippen LogP) is 2.32. The minimum atomic E-state index is -0.300. The van der Waals surface area contributed by atoms with Crippen LogP contribution in [0.4, 0.5) is 0 Å². The molecule has 2 unspecified atom stereocenters. The molecule has 0 saturated heterocycles. The van der Waals surface area contributed by atoms with Crippen molar-refractivity contribution < 1.29 is 14.6 Å². The average Bonchev–Trinajstić information content (AvgIpc) is 3.24. The van der Waals surface area contributed by atoms with E-state index < -0.39 is 0 Å². The molecule has 24 heavy (non-hydrogen) atoms. The first-order chi connectivity index (χ1) is 11.6. The average molecular weight is 329 g/mol. The summed E-state index contributed by atoms with van der Waals surface area (Å²) in [6.07, 6.45) is 4.08. The lowest BCUT2D eigenvalue weighted by Crippen LogP contribution is -2.34. The monoisotopic (exact) mass is 329 g/mol. The molecule has 0 aliphatic heterocycles. The third-order valence-electron chi connectivity index (χ3n) is 4.72. The Morgan fingerprint density at radius 2 is 2.12 bits per heavy atom. The van der Waals surface area contributed by atoms with Crippen molar-refractivity contribution in [3.8, 4) is 17.0 Å². The Morgan fingerprint density at radius 3 is 2.75 bits per heavy atom. The number of nitrogens with one attached hydrogen (secondary N) is 1. The summed E-state index contributed by atoms with van der Waals surface area (Å²) in [5.41, 5.74) is 2.11. The van der Waals surface area contributed by atoms with Gasteiger partial charge in [0.05, 0.1) is 30.7 Å². The molecule has 2 aromatic rings. The van der Waals surface area contributed by atoms with Crippen molar-refractivity contribution in [2.75, 3.05) is 20.7 Å². The van der Waals surface area contributed by atoms with Crippen LogP contribution in [0.15, 0.2) is 30.5 Å². The number of amides is 1. The van der Waals surface area contributed by atoms with Crippen LogP contribution in [0.25, 0.3) is 11.3 Å². The van der Waals surface area contributed by atoms with Crippen LogP contribution in [0.2, 0.25) is 0 Å². The van der Waals surface area contributed by atoms with Gasteiger partial charge >= 0.3 is 0 Å². The number of aliphatic hydroxyl groups is 1. The molecule has 0 spiro atoms. The molecule has 0 bridgehead atoms. The summed E-state index contributed by atoms with van der Waals surface area (Å²) in [4.78, 5) is 14.5. The summed E-state index contributed by atoms with van der Waals surface area (Å²) in [6, 6.07) is 7.49. The molecule has 1 aliphatic rings. The standard InChI is InChI=1S/C18H23N3O3/c1-21(11-13-4-3-5-16(13)22)18(23)15-10-19-20-17(15)12-6-8-14(24-2)9-7-12/h6-10,13,16,22H,3-5,11H2,1-2H3,(H,19,20). The Labute approximate surface area is 141 Å². The van der Waals surface area contributed by atoms with Gasteiger partial charge in [-0.1, -0.05) is 6.42 Å². The van der Waals surface area contributed by atoms with Crippen LogP contribution in [-0.2, 0) is 0 Å². The molecule has 2 N–H and O–H groups in total. The van der Waals surface area contributed by atoms with Crippen LogP contribution in [0.1, 0.15) is 29.6 Å². The van der Waals surface area contributed by atoms with E-state index in [1.54, 1.807) is 25.3 Å². The number of carbonyl (C=O) groups is 1. The molecule has 1 aliphatic carbocycles. The van der Waals surface area contributed by atoms with Crippen LogP contribution in [0, 0.1) is 5.92 Å². The van der Waals surface area contributed by atoms with Crippen LogP contribution in [-0.4, -0.2) is 52.9 Å². The van der Waals surface area contributed by atoms with Gasteiger partial charge in [-0.2, -0.15) is 5.10 Å². The summed E-state index contributed by atoms with van der Waals surface area (Å²) in [7, 11) is 3.39. The number of benzene rings is 1. The molecule has 6 heteroatoms. The summed E-state index contributed by atoms with van der Waals surface area (Å²) in [5.74, 6) is 0.836. The van der Waals surface area contributed by atoms with Gasteiger partial charge in [0.15, 0.2) is 0 Å². The molecule has 128 valence electrons. The molecule has 3 rings (SSSR count).